The molecule has 0 amide bonds. The lowest BCUT2D eigenvalue weighted by Gasteiger charge is -2.44. The fraction of sp³-hybridized carbons (Fsp3) is 0.909. The molecule has 0 saturated carbocycles. The number of nitrogens with zero attached hydrogens (tertiary/aromatic N) is 2. The molecule has 1 fully saturated rings. The third kappa shape index (κ3) is 2.45. The van der Waals surface area contributed by atoms with Gasteiger partial charge in [0, 0.05) is 24.0 Å². The molecule has 0 unspecified atom stereocenters. The molecule has 0 aromatic carbocycles. The van der Waals surface area contributed by atoms with Crippen LogP contribution in [0.4, 0.5) is 0 Å². The first-order valence-electron chi connectivity index (χ1n) is 5.11. The lowest BCUT2D eigenvalue weighted by molar-refractivity contribution is 0.0489. The van der Waals surface area contributed by atoms with Crippen LogP contribution in [0, 0.1) is 17.2 Å². The summed E-state index contributed by atoms with van der Waals surface area (Å²) in [5.41, 5.74) is 0.250. The van der Waals surface area contributed by atoms with Gasteiger partial charge in [0.15, 0.2) is 0 Å². The molecule has 0 spiro atoms. The largest absolute Gasteiger partial charge is 0.296 e. The molecule has 2 heteroatoms. The lowest BCUT2D eigenvalue weighted by atomic mass is 9.89. The predicted molar refractivity (Wildman–Crippen MR) is 54.3 cm³/mol. The van der Waals surface area contributed by atoms with Crippen molar-refractivity contribution in [2.45, 2.75) is 52.1 Å². The van der Waals surface area contributed by atoms with Gasteiger partial charge in [-0.1, -0.05) is 0 Å². The minimum absolute atomic E-state index is 0.250. The Morgan fingerprint density at radius 1 is 1.38 bits per heavy atom. The summed E-state index contributed by atoms with van der Waals surface area (Å²) >= 11 is 0. The van der Waals surface area contributed by atoms with Crippen LogP contribution in [0.25, 0.3) is 0 Å². The van der Waals surface area contributed by atoms with Gasteiger partial charge in [-0.2, -0.15) is 5.26 Å². The molecule has 0 bridgehead atoms. The maximum atomic E-state index is 8.83. The molecular weight excluding hydrogens is 160 g/mol. The molecule has 0 aromatic rings. The molecule has 0 radical (unpaired) electrons. The summed E-state index contributed by atoms with van der Waals surface area (Å²) in [5.74, 6) is 0.286. The average molecular weight is 180 g/mol. The van der Waals surface area contributed by atoms with Crippen LogP contribution < -0.4 is 0 Å². The van der Waals surface area contributed by atoms with Crippen molar-refractivity contribution in [2.75, 3.05) is 6.54 Å². The van der Waals surface area contributed by atoms with Gasteiger partial charge in [0.25, 0.3) is 0 Å². The quantitative estimate of drug-likeness (QED) is 0.572. The molecule has 74 valence electrons. The van der Waals surface area contributed by atoms with Crippen LogP contribution in [0.15, 0.2) is 0 Å². The lowest BCUT2D eigenvalue weighted by Crippen LogP contribution is -2.50. The van der Waals surface area contributed by atoms with Crippen LogP contribution in [-0.4, -0.2) is 23.0 Å². The zero-order chi connectivity index (χ0) is 10.1. The Morgan fingerprint density at radius 2 is 2.00 bits per heavy atom. The van der Waals surface area contributed by atoms with Gasteiger partial charge >= 0.3 is 0 Å². The van der Waals surface area contributed by atoms with Crippen molar-refractivity contribution in [1.82, 2.24) is 4.90 Å². The Kier molecular flexibility index (Phi) is 2.98. The Bertz CT molecular complexity index is 209. The van der Waals surface area contributed by atoms with Crippen LogP contribution in [0.5, 0.6) is 0 Å². The number of piperidine rings is 1. The molecule has 2 nitrogen and oxygen atoms in total. The highest BCUT2D eigenvalue weighted by molar-refractivity contribution is 4.94. The Morgan fingerprint density at radius 3 is 2.38 bits per heavy atom. The highest BCUT2D eigenvalue weighted by atomic mass is 15.2. The fourth-order valence-corrected chi connectivity index (χ4v) is 2.29. The van der Waals surface area contributed by atoms with E-state index in [0.717, 1.165) is 19.4 Å². The second-order valence-electron chi connectivity index (χ2n) is 5.06. The molecule has 13 heavy (non-hydrogen) atoms. The van der Waals surface area contributed by atoms with Crippen LogP contribution in [0.3, 0.4) is 0 Å². The zero-order valence-corrected chi connectivity index (χ0v) is 9.17. The summed E-state index contributed by atoms with van der Waals surface area (Å²) in [5, 5.41) is 8.83. The summed E-state index contributed by atoms with van der Waals surface area (Å²) in [7, 11) is 0. The summed E-state index contributed by atoms with van der Waals surface area (Å²) < 4.78 is 0. The van der Waals surface area contributed by atoms with E-state index in [9.17, 15) is 0 Å². The molecule has 1 saturated heterocycles. The van der Waals surface area contributed by atoms with Gasteiger partial charge in [0.1, 0.15) is 0 Å². The molecular formula is C11H20N2. The molecule has 1 heterocycles. The fourth-order valence-electron chi connectivity index (χ4n) is 2.29. The maximum absolute atomic E-state index is 8.83. The molecule has 2 atom stereocenters. The number of hydrogen-bond donors (Lipinski definition) is 0. The Labute approximate surface area is 81.5 Å². The van der Waals surface area contributed by atoms with Gasteiger partial charge in [-0.3, -0.25) is 4.90 Å². The Balaban J connectivity index is 2.60. The summed E-state index contributed by atoms with van der Waals surface area (Å²) in [6, 6.07) is 2.93. The summed E-state index contributed by atoms with van der Waals surface area (Å²) in [6.07, 6.45) is 2.08. The summed E-state index contributed by atoms with van der Waals surface area (Å²) in [4.78, 5) is 2.50. The molecule has 1 aliphatic rings. The number of rotatable bonds is 0. The number of nitriles is 1. The number of hydrogen-bond acceptors (Lipinski definition) is 2. The molecule has 0 N–H and O–H groups in total. The Hall–Kier alpha value is -0.550. The standard InChI is InChI=1S/C11H20N2/c1-9-7-10(8-12)5-6-13(9)11(2,3)4/h9-10H,5-7H2,1-4H3/t9-,10+/m0/s1. The van der Waals surface area contributed by atoms with E-state index in [4.69, 9.17) is 5.26 Å². The molecule has 1 rings (SSSR count). The first kappa shape index (κ1) is 10.5. The van der Waals surface area contributed by atoms with Gasteiger partial charge in [-0.25, -0.2) is 0 Å². The van der Waals surface area contributed by atoms with E-state index in [1.165, 1.54) is 0 Å². The minimum atomic E-state index is 0.250. The van der Waals surface area contributed by atoms with E-state index >= 15 is 0 Å². The van der Waals surface area contributed by atoms with Crippen molar-refractivity contribution in [3.63, 3.8) is 0 Å². The normalized spacial score (nSPS) is 31.3. The van der Waals surface area contributed by atoms with Crippen LogP contribution in [-0.2, 0) is 0 Å². The van der Waals surface area contributed by atoms with Crippen molar-refractivity contribution < 1.29 is 0 Å². The van der Waals surface area contributed by atoms with E-state index in [2.05, 4.69) is 38.7 Å². The molecule has 0 aromatic heterocycles. The molecule has 0 aliphatic carbocycles. The first-order chi connectivity index (χ1) is 5.95. The van der Waals surface area contributed by atoms with E-state index < -0.39 is 0 Å². The maximum Gasteiger partial charge on any atom is 0.0656 e. The van der Waals surface area contributed by atoms with Gasteiger partial charge in [0.2, 0.25) is 0 Å². The predicted octanol–water partition coefficient (Wildman–Crippen LogP) is 2.41. The highest BCUT2D eigenvalue weighted by Gasteiger charge is 2.31. The van der Waals surface area contributed by atoms with Crippen molar-refractivity contribution in [3.05, 3.63) is 0 Å². The van der Waals surface area contributed by atoms with Crippen LogP contribution in [0.1, 0.15) is 40.5 Å². The SMILES string of the molecule is C[C@H]1C[C@H](C#N)CCN1C(C)(C)C. The van der Waals surface area contributed by atoms with Crippen molar-refractivity contribution >= 4 is 0 Å². The smallest absolute Gasteiger partial charge is 0.0656 e. The van der Waals surface area contributed by atoms with E-state index in [-0.39, 0.29) is 11.5 Å². The van der Waals surface area contributed by atoms with E-state index in [1.54, 1.807) is 0 Å². The third-order valence-corrected chi connectivity index (χ3v) is 2.92. The minimum Gasteiger partial charge on any atom is -0.296 e. The van der Waals surface area contributed by atoms with Gasteiger partial charge in [-0.05, 0) is 40.5 Å². The topological polar surface area (TPSA) is 27.0 Å². The van der Waals surface area contributed by atoms with E-state index in [1.807, 2.05) is 0 Å². The van der Waals surface area contributed by atoms with Crippen molar-refractivity contribution in [1.29, 1.82) is 5.26 Å². The van der Waals surface area contributed by atoms with E-state index in [0.29, 0.717) is 6.04 Å². The van der Waals surface area contributed by atoms with Crippen molar-refractivity contribution in [2.24, 2.45) is 5.92 Å². The van der Waals surface area contributed by atoms with Crippen LogP contribution >= 0.6 is 0 Å². The summed E-state index contributed by atoms with van der Waals surface area (Å²) in [6.45, 7) is 10.0. The monoisotopic (exact) mass is 180 g/mol. The van der Waals surface area contributed by atoms with Crippen LogP contribution in [0.2, 0.25) is 0 Å². The second kappa shape index (κ2) is 3.67. The van der Waals surface area contributed by atoms with Gasteiger partial charge in [-0.15, -0.1) is 0 Å². The second-order valence-corrected chi connectivity index (χ2v) is 5.06. The van der Waals surface area contributed by atoms with Gasteiger partial charge in [0.05, 0.1) is 6.07 Å². The first-order valence-corrected chi connectivity index (χ1v) is 5.11. The average Bonchev–Trinajstić information content (AvgIpc) is 2.01. The highest BCUT2D eigenvalue weighted by Crippen LogP contribution is 2.28. The molecule has 1 aliphatic heterocycles. The third-order valence-electron chi connectivity index (χ3n) is 2.92. The van der Waals surface area contributed by atoms with Gasteiger partial charge < -0.3 is 0 Å². The number of likely N-dealkylation sites (tertiary alicyclic amines) is 1. The van der Waals surface area contributed by atoms with Crippen molar-refractivity contribution in [3.8, 4) is 6.07 Å². The zero-order valence-electron chi connectivity index (χ0n) is 9.17.